The molecule has 0 radical (unpaired) electrons. The number of amides is 1. The van der Waals surface area contributed by atoms with Crippen LogP contribution < -0.4 is 4.90 Å². The number of thioether (sulfide) groups is 1. The highest BCUT2D eigenvalue weighted by molar-refractivity contribution is 8.18. The topological polar surface area (TPSA) is 66.1 Å². The minimum atomic E-state index is -0.114. The molecule has 1 fully saturated rings. The van der Waals surface area contributed by atoms with Gasteiger partial charge in [0.25, 0.3) is 5.91 Å². The van der Waals surface area contributed by atoms with Crippen molar-refractivity contribution in [2.75, 3.05) is 11.4 Å². The average molecular weight is 444 g/mol. The second-order valence-corrected chi connectivity index (χ2v) is 8.65. The van der Waals surface area contributed by atoms with Crippen LogP contribution in [-0.2, 0) is 17.8 Å². The molecular formula is C25H21N3O3S. The molecule has 0 N–H and O–H groups in total. The van der Waals surface area contributed by atoms with Crippen LogP contribution >= 0.6 is 11.8 Å². The quantitative estimate of drug-likeness (QED) is 0.403. The average Bonchev–Trinajstić information content (AvgIpc) is 3.52. The molecule has 1 amide bonds. The number of rotatable bonds is 5. The number of ketones is 1. The minimum absolute atomic E-state index is 0.0251. The molecule has 32 heavy (non-hydrogen) atoms. The van der Waals surface area contributed by atoms with Crippen LogP contribution in [0.3, 0.4) is 0 Å². The molecule has 3 aromatic rings. The number of carbonyl (C=O) groups excluding carboxylic acids is 2. The number of carbonyl (C=O) groups is 2. The highest BCUT2D eigenvalue weighted by atomic mass is 32.2. The van der Waals surface area contributed by atoms with Crippen LogP contribution in [0, 0.1) is 0 Å². The molecule has 1 saturated heterocycles. The van der Waals surface area contributed by atoms with Gasteiger partial charge in [0.2, 0.25) is 0 Å². The maximum absolute atomic E-state index is 13.3. The van der Waals surface area contributed by atoms with E-state index in [-0.39, 0.29) is 18.2 Å². The zero-order valence-corrected chi connectivity index (χ0v) is 18.3. The van der Waals surface area contributed by atoms with E-state index in [1.807, 2.05) is 30.5 Å². The van der Waals surface area contributed by atoms with Crippen LogP contribution in [0.2, 0.25) is 0 Å². The van der Waals surface area contributed by atoms with Crippen molar-refractivity contribution in [1.29, 1.82) is 0 Å². The van der Waals surface area contributed by atoms with E-state index in [9.17, 15) is 9.59 Å². The minimum Gasteiger partial charge on any atom is -0.467 e. The summed E-state index contributed by atoms with van der Waals surface area (Å²) in [7, 11) is 0. The van der Waals surface area contributed by atoms with E-state index in [1.54, 1.807) is 35.4 Å². The number of aliphatic imine (C=N–C) groups is 1. The van der Waals surface area contributed by atoms with Crippen molar-refractivity contribution >= 4 is 40.0 Å². The van der Waals surface area contributed by atoms with Gasteiger partial charge in [-0.2, -0.15) is 0 Å². The molecule has 1 aromatic heterocycles. The van der Waals surface area contributed by atoms with Crippen molar-refractivity contribution in [1.82, 2.24) is 4.90 Å². The molecule has 5 rings (SSSR count). The third-order valence-electron chi connectivity index (χ3n) is 5.46. The highest BCUT2D eigenvalue weighted by Crippen LogP contribution is 2.36. The number of amidine groups is 1. The van der Waals surface area contributed by atoms with Crippen LogP contribution in [0.25, 0.3) is 0 Å². The Morgan fingerprint density at radius 1 is 1.16 bits per heavy atom. The maximum Gasteiger partial charge on any atom is 0.268 e. The van der Waals surface area contributed by atoms with Gasteiger partial charge < -0.3 is 9.32 Å². The number of para-hydroxylation sites is 1. The molecule has 0 spiro atoms. The van der Waals surface area contributed by atoms with Crippen molar-refractivity contribution in [3.63, 3.8) is 0 Å². The number of hydrogen-bond acceptors (Lipinski definition) is 6. The van der Waals surface area contributed by atoms with Gasteiger partial charge in [-0.3, -0.25) is 14.5 Å². The van der Waals surface area contributed by atoms with E-state index in [1.165, 1.54) is 24.2 Å². The Labute approximate surface area is 190 Å². The lowest BCUT2D eigenvalue weighted by Gasteiger charge is -2.15. The summed E-state index contributed by atoms with van der Waals surface area (Å²) in [6, 6.07) is 19.0. The molecule has 2 aromatic carbocycles. The Kier molecular flexibility index (Phi) is 5.41. The fourth-order valence-electron chi connectivity index (χ4n) is 3.82. The summed E-state index contributed by atoms with van der Waals surface area (Å²) in [6.45, 7) is 2.65. The zero-order chi connectivity index (χ0) is 22.1. The Balaban J connectivity index is 1.49. The van der Waals surface area contributed by atoms with Gasteiger partial charge in [-0.15, -0.1) is 0 Å². The van der Waals surface area contributed by atoms with Crippen molar-refractivity contribution in [2.45, 2.75) is 19.9 Å². The summed E-state index contributed by atoms with van der Waals surface area (Å²) in [5.41, 5.74) is 3.63. The van der Waals surface area contributed by atoms with Gasteiger partial charge in [0.05, 0.1) is 23.4 Å². The molecule has 3 heterocycles. The van der Waals surface area contributed by atoms with Gasteiger partial charge in [-0.25, -0.2) is 4.99 Å². The third kappa shape index (κ3) is 3.99. The van der Waals surface area contributed by atoms with E-state index < -0.39 is 0 Å². The van der Waals surface area contributed by atoms with Crippen molar-refractivity contribution in [3.8, 4) is 0 Å². The number of anilines is 1. The molecule has 0 saturated carbocycles. The van der Waals surface area contributed by atoms with Crippen LogP contribution in [-0.4, -0.2) is 28.3 Å². The monoisotopic (exact) mass is 443 g/mol. The lowest BCUT2D eigenvalue weighted by atomic mass is 10.1. The van der Waals surface area contributed by atoms with Gasteiger partial charge in [-0.1, -0.05) is 30.3 Å². The van der Waals surface area contributed by atoms with E-state index in [2.05, 4.69) is 17.0 Å². The molecule has 2 aliphatic heterocycles. The molecule has 0 unspecified atom stereocenters. The second kappa shape index (κ2) is 8.51. The zero-order valence-electron chi connectivity index (χ0n) is 17.5. The Morgan fingerprint density at radius 2 is 2.03 bits per heavy atom. The molecule has 0 atom stereocenters. The van der Waals surface area contributed by atoms with E-state index in [0.717, 1.165) is 18.7 Å². The first-order chi connectivity index (χ1) is 15.6. The predicted molar refractivity (Wildman–Crippen MR) is 126 cm³/mol. The molecular weight excluding hydrogens is 422 g/mol. The Morgan fingerprint density at radius 3 is 2.84 bits per heavy atom. The summed E-state index contributed by atoms with van der Waals surface area (Å²) in [6.07, 6.45) is 4.46. The van der Waals surface area contributed by atoms with Crippen LogP contribution in [0.5, 0.6) is 0 Å². The van der Waals surface area contributed by atoms with Crippen molar-refractivity contribution < 1.29 is 14.0 Å². The largest absolute Gasteiger partial charge is 0.467 e. The van der Waals surface area contributed by atoms with Crippen LogP contribution in [0.4, 0.5) is 11.4 Å². The van der Waals surface area contributed by atoms with Gasteiger partial charge in [0.15, 0.2) is 11.0 Å². The fraction of sp³-hybridized carbons (Fsp3) is 0.160. The SMILES string of the molecule is CC(=O)c1cccc(N=C2S/C(=C\N3CCc4ccccc43)C(=O)N2Cc2ccco2)c1. The molecule has 0 aliphatic carbocycles. The van der Waals surface area contributed by atoms with Gasteiger partial charge in [0.1, 0.15) is 5.76 Å². The molecule has 6 nitrogen and oxygen atoms in total. The number of fused-ring (bicyclic) bond motifs is 1. The summed E-state index contributed by atoms with van der Waals surface area (Å²) >= 11 is 1.34. The lowest BCUT2D eigenvalue weighted by molar-refractivity contribution is -0.122. The van der Waals surface area contributed by atoms with Crippen molar-refractivity contribution in [2.24, 2.45) is 4.99 Å². The lowest BCUT2D eigenvalue weighted by Crippen LogP contribution is -2.28. The standard InChI is InChI=1S/C25H21N3O3S/c1-17(29)19-7-4-8-20(14-19)26-25-28(15-21-9-5-13-31-21)24(30)23(32-25)16-27-12-11-18-6-2-3-10-22(18)27/h2-10,13-14,16H,11-12,15H2,1H3/b23-16-,26-25?. The number of nitrogens with zero attached hydrogens (tertiary/aromatic N) is 3. The van der Waals surface area contributed by atoms with E-state index in [4.69, 9.17) is 9.41 Å². The van der Waals surface area contributed by atoms with E-state index >= 15 is 0 Å². The fourth-order valence-corrected chi connectivity index (χ4v) is 4.81. The number of furan rings is 1. The highest BCUT2D eigenvalue weighted by Gasteiger charge is 2.35. The smallest absolute Gasteiger partial charge is 0.268 e. The molecule has 160 valence electrons. The van der Waals surface area contributed by atoms with Crippen LogP contribution in [0.15, 0.2) is 87.4 Å². The first-order valence-electron chi connectivity index (χ1n) is 10.4. The first-order valence-corrected chi connectivity index (χ1v) is 11.2. The molecule has 2 aliphatic rings. The summed E-state index contributed by atoms with van der Waals surface area (Å²) in [5, 5.41) is 0.561. The summed E-state index contributed by atoms with van der Waals surface area (Å²) < 4.78 is 5.48. The summed E-state index contributed by atoms with van der Waals surface area (Å²) in [5.74, 6) is 0.539. The number of hydrogen-bond donors (Lipinski definition) is 0. The predicted octanol–water partition coefficient (Wildman–Crippen LogP) is 5.15. The normalized spacial score (nSPS) is 18.1. The first kappa shape index (κ1) is 20.3. The van der Waals surface area contributed by atoms with Gasteiger partial charge in [0, 0.05) is 24.0 Å². The van der Waals surface area contributed by atoms with Gasteiger partial charge in [-0.05, 0) is 61.0 Å². The second-order valence-electron chi connectivity index (χ2n) is 7.64. The third-order valence-corrected chi connectivity index (χ3v) is 6.45. The Hall–Kier alpha value is -3.58. The number of Topliss-reactive ketones (excluding diaryl/α,β-unsaturated/α-hetero) is 1. The maximum atomic E-state index is 13.3. The van der Waals surface area contributed by atoms with E-state index in [0.29, 0.717) is 27.1 Å². The molecule has 0 bridgehead atoms. The Bertz CT molecular complexity index is 1250. The van der Waals surface area contributed by atoms with Crippen LogP contribution in [0.1, 0.15) is 28.6 Å². The molecule has 7 heteroatoms. The summed E-state index contributed by atoms with van der Waals surface area (Å²) in [4.78, 5) is 34.2. The van der Waals surface area contributed by atoms with Gasteiger partial charge >= 0.3 is 0 Å². The number of benzene rings is 2. The van der Waals surface area contributed by atoms with Crippen molar-refractivity contribution in [3.05, 3.63) is 94.9 Å².